The van der Waals surface area contributed by atoms with E-state index in [2.05, 4.69) is 27.2 Å². The summed E-state index contributed by atoms with van der Waals surface area (Å²) < 4.78 is 22.3. The molecule has 2 aromatic heterocycles. The first kappa shape index (κ1) is 28.8. The number of nitrogens with zero attached hydrogens (tertiary/aromatic N) is 2. The highest BCUT2D eigenvalue weighted by molar-refractivity contribution is 8.05. The van der Waals surface area contributed by atoms with Gasteiger partial charge in [0.05, 0.1) is 27.4 Å². The summed E-state index contributed by atoms with van der Waals surface area (Å²) in [7, 11) is 1.58. The fourth-order valence-corrected chi connectivity index (χ4v) is 5.82. The van der Waals surface area contributed by atoms with Gasteiger partial charge in [-0.15, -0.1) is 0 Å². The summed E-state index contributed by atoms with van der Waals surface area (Å²) in [6.45, 7) is 3.78. The number of benzene rings is 2. The van der Waals surface area contributed by atoms with E-state index in [9.17, 15) is 4.79 Å². The van der Waals surface area contributed by atoms with E-state index < -0.39 is 17.3 Å². The van der Waals surface area contributed by atoms with Crippen LogP contribution in [-0.2, 0) is 15.1 Å². The van der Waals surface area contributed by atoms with Gasteiger partial charge in [0, 0.05) is 13.3 Å². The smallest absolute Gasteiger partial charge is 0.253 e. The number of amides is 1. The number of halogens is 1. The lowest BCUT2D eigenvalue weighted by Gasteiger charge is -2.34. The largest absolute Gasteiger partial charge is 0.405 e. The van der Waals surface area contributed by atoms with Gasteiger partial charge in [0.2, 0.25) is 0 Å². The maximum Gasteiger partial charge on any atom is 0.253 e. The van der Waals surface area contributed by atoms with Gasteiger partial charge in [-0.1, -0.05) is 96.4 Å². The van der Waals surface area contributed by atoms with Gasteiger partial charge >= 0.3 is 0 Å². The van der Waals surface area contributed by atoms with Gasteiger partial charge in [-0.2, -0.15) is 0 Å². The molecule has 0 saturated carbocycles. The maximum atomic E-state index is 15.6. The minimum Gasteiger partial charge on any atom is -0.405 e. The molecule has 0 atom stereocenters. The van der Waals surface area contributed by atoms with E-state index in [-0.39, 0.29) is 17.0 Å². The van der Waals surface area contributed by atoms with Crippen molar-refractivity contribution in [2.45, 2.75) is 9.81 Å². The van der Waals surface area contributed by atoms with Crippen LogP contribution in [-0.4, -0.2) is 29.5 Å². The number of hydrogen-bond donors (Lipinski definition) is 3. The SMILES string of the molecule is C=C(C(=O)NCC(OC)(c1ccccc1)c1ccccc1)/C(F)=C(\C=C/N)Sc1cnc(Nc2ccccn2)s1. The van der Waals surface area contributed by atoms with Crippen molar-refractivity contribution in [1.29, 1.82) is 0 Å². The van der Waals surface area contributed by atoms with Crippen LogP contribution in [0.4, 0.5) is 15.3 Å². The predicted molar refractivity (Wildman–Crippen MR) is 160 cm³/mol. The molecular formula is C30H28FN5O2S2. The summed E-state index contributed by atoms with van der Waals surface area (Å²) in [5, 5.41) is 6.51. The molecule has 0 bridgehead atoms. The van der Waals surface area contributed by atoms with Crippen LogP contribution in [0.1, 0.15) is 11.1 Å². The zero-order valence-corrected chi connectivity index (χ0v) is 23.3. The summed E-state index contributed by atoms with van der Waals surface area (Å²) in [5.41, 5.74) is 5.95. The highest BCUT2D eigenvalue weighted by atomic mass is 32.2. The molecule has 4 rings (SSSR count). The molecule has 7 nitrogen and oxygen atoms in total. The molecule has 40 heavy (non-hydrogen) atoms. The van der Waals surface area contributed by atoms with Crippen molar-refractivity contribution in [2.24, 2.45) is 5.73 Å². The van der Waals surface area contributed by atoms with Crippen molar-refractivity contribution in [2.75, 3.05) is 19.0 Å². The lowest BCUT2D eigenvalue weighted by Crippen LogP contribution is -2.43. The number of aromatic nitrogens is 2. The fraction of sp³-hybridized carbons (Fsp3) is 0.100. The van der Waals surface area contributed by atoms with E-state index in [0.717, 1.165) is 22.9 Å². The van der Waals surface area contributed by atoms with E-state index in [4.69, 9.17) is 10.5 Å². The predicted octanol–water partition coefficient (Wildman–Crippen LogP) is 6.29. The topological polar surface area (TPSA) is 102 Å². The molecule has 0 saturated heterocycles. The monoisotopic (exact) mass is 573 g/mol. The van der Waals surface area contributed by atoms with Crippen LogP contribution in [0.15, 0.2) is 131 Å². The number of thiazole rings is 1. The Kier molecular flexibility index (Phi) is 9.85. The van der Waals surface area contributed by atoms with Crippen molar-refractivity contribution in [3.63, 3.8) is 0 Å². The zero-order chi connectivity index (χ0) is 28.4. The molecule has 1 amide bonds. The zero-order valence-electron chi connectivity index (χ0n) is 21.7. The molecule has 2 heterocycles. The van der Waals surface area contributed by atoms with Crippen molar-refractivity contribution >= 4 is 40.0 Å². The Bertz CT molecular complexity index is 1450. The molecule has 4 aromatic rings. The first-order valence-corrected chi connectivity index (χ1v) is 13.8. The van der Waals surface area contributed by atoms with Crippen molar-refractivity contribution in [1.82, 2.24) is 15.3 Å². The Morgan fingerprint density at radius 3 is 2.30 bits per heavy atom. The fourth-order valence-electron chi connectivity index (χ4n) is 3.91. The standard InChI is InChI=1S/C30H28FN5O2S2/c1-21(27(31)24(16-17-32)39-26-19-34-29(40-26)36-25-15-9-10-18-33-25)28(37)35-20-30(38-2,22-11-5-3-6-12-22)23-13-7-4-8-14-23/h3-19H,1,20,32H2,2H3,(H,35,37)(H,33,34,36)/b17-16-,27-24-. The second-order valence-electron chi connectivity index (χ2n) is 8.39. The van der Waals surface area contributed by atoms with Crippen LogP contribution in [0.2, 0.25) is 0 Å². The third kappa shape index (κ3) is 6.84. The number of hydrogen-bond acceptors (Lipinski definition) is 8. The first-order valence-electron chi connectivity index (χ1n) is 12.2. The third-order valence-electron chi connectivity index (χ3n) is 5.92. The molecule has 0 aliphatic heterocycles. The van der Waals surface area contributed by atoms with Crippen molar-refractivity contribution < 1.29 is 13.9 Å². The van der Waals surface area contributed by atoms with Crippen molar-refractivity contribution in [3.05, 3.63) is 138 Å². The van der Waals surface area contributed by atoms with Crippen LogP contribution in [0.25, 0.3) is 0 Å². The molecule has 0 unspecified atom stereocenters. The number of nitrogens with one attached hydrogen (secondary N) is 2. The lowest BCUT2D eigenvalue weighted by atomic mass is 9.85. The number of ether oxygens (including phenoxy) is 1. The molecule has 204 valence electrons. The van der Waals surface area contributed by atoms with Gasteiger partial charge in [-0.05, 0) is 35.5 Å². The van der Waals surface area contributed by atoms with Gasteiger partial charge in [-0.3, -0.25) is 4.79 Å². The van der Waals surface area contributed by atoms with E-state index >= 15 is 4.39 Å². The summed E-state index contributed by atoms with van der Waals surface area (Å²) in [5.74, 6) is -0.823. The molecule has 0 spiro atoms. The summed E-state index contributed by atoms with van der Waals surface area (Å²) in [4.78, 5) is 21.8. The minimum absolute atomic E-state index is 0.0509. The van der Waals surface area contributed by atoms with E-state index in [1.807, 2.05) is 78.9 Å². The quantitative estimate of drug-likeness (QED) is 0.104. The Hall–Kier alpha value is -4.25. The Balaban J connectivity index is 1.51. The molecule has 0 aliphatic carbocycles. The third-order valence-corrected chi connectivity index (χ3v) is 7.97. The second kappa shape index (κ2) is 13.7. The molecule has 10 heteroatoms. The highest BCUT2D eigenvalue weighted by Crippen LogP contribution is 2.38. The first-order chi connectivity index (χ1) is 19.5. The Morgan fingerprint density at radius 2 is 1.73 bits per heavy atom. The average molecular weight is 574 g/mol. The number of carbonyl (C=O) groups excluding carboxylic acids is 1. The van der Waals surface area contributed by atoms with Crippen LogP contribution in [0.3, 0.4) is 0 Å². The van der Waals surface area contributed by atoms with Crippen LogP contribution < -0.4 is 16.4 Å². The second-order valence-corrected chi connectivity index (χ2v) is 10.8. The molecule has 0 radical (unpaired) electrons. The molecule has 2 aromatic carbocycles. The molecule has 0 aliphatic rings. The Morgan fingerprint density at radius 1 is 1.07 bits per heavy atom. The summed E-state index contributed by atoms with van der Waals surface area (Å²) in [6.07, 6.45) is 5.87. The number of nitrogens with two attached hydrogens (primary N) is 1. The highest BCUT2D eigenvalue weighted by Gasteiger charge is 2.35. The van der Waals surface area contributed by atoms with Gasteiger partial charge in [0.15, 0.2) is 5.13 Å². The van der Waals surface area contributed by atoms with Crippen LogP contribution in [0, 0.1) is 0 Å². The van der Waals surface area contributed by atoms with E-state index in [1.54, 1.807) is 19.5 Å². The molecular weight excluding hydrogens is 545 g/mol. The lowest BCUT2D eigenvalue weighted by molar-refractivity contribution is -0.118. The number of rotatable bonds is 12. The number of anilines is 2. The number of pyridine rings is 1. The summed E-state index contributed by atoms with van der Waals surface area (Å²) in [6, 6.07) is 24.6. The van der Waals surface area contributed by atoms with Gasteiger partial charge in [0.25, 0.3) is 5.91 Å². The Labute approximate surface area is 240 Å². The number of thioether (sulfide) groups is 1. The average Bonchev–Trinajstić information content (AvgIpc) is 3.44. The normalized spacial score (nSPS) is 12.2. The van der Waals surface area contributed by atoms with E-state index in [1.165, 1.54) is 23.6 Å². The van der Waals surface area contributed by atoms with Gasteiger partial charge < -0.3 is 21.1 Å². The maximum absolute atomic E-state index is 15.6. The van der Waals surface area contributed by atoms with E-state index in [0.29, 0.717) is 15.2 Å². The van der Waals surface area contributed by atoms with Gasteiger partial charge in [0.1, 0.15) is 17.2 Å². The minimum atomic E-state index is -0.993. The van der Waals surface area contributed by atoms with Gasteiger partial charge in [-0.25, -0.2) is 14.4 Å². The van der Waals surface area contributed by atoms with Crippen LogP contribution in [0.5, 0.6) is 0 Å². The van der Waals surface area contributed by atoms with Crippen LogP contribution >= 0.6 is 23.1 Å². The molecule has 4 N–H and O–H groups in total. The molecule has 0 fully saturated rings. The number of allylic oxidation sites excluding steroid dienone is 1. The van der Waals surface area contributed by atoms with Crippen molar-refractivity contribution in [3.8, 4) is 0 Å². The number of methoxy groups -OCH3 is 1. The summed E-state index contributed by atoms with van der Waals surface area (Å²) >= 11 is 2.40. The number of carbonyl (C=O) groups is 1.